The van der Waals surface area contributed by atoms with E-state index in [4.69, 9.17) is 13.9 Å². The Morgan fingerprint density at radius 3 is 2.34 bits per heavy atom. The molecule has 0 N–H and O–H groups in total. The van der Waals surface area contributed by atoms with Crippen LogP contribution in [-0.2, 0) is 17.8 Å². The molecule has 3 aromatic rings. The van der Waals surface area contributed by atoms with Gasteiger partial charge in [0, 0.05) is 31.7 Å². The third-order valence-electron chi connectivity index (χ3n) is 4.53. The summed E-state index contributed by atoms with van der Waals surface area (Å²) in [5.74, 6) is 2.14. The minimum atomic E-state index is -0.0674. The molecule has 1 amide bonds. The zero-order chi connectivity index (χ0) is 20.5. The van der Waals surface area contributed by atoms with Crippen molar-refractivity contribution in [3.05, 3.63) is 89.9 Å². The van der Waals surface area contributed by atoms with E-state index in [1.807, 2.05) is 59.5 Å². The first kappa shape index (κ1) is 20.3. The molecule has 29 heavy (non-hydrogen) atoms. The second kappa shape index (κ2) is 10.2. The third-order valence-corrected chi connectivity index (χ3v) is 4.53. The van der Waals surface area contributed by atoms with Crippen molar-refractivity contribution in [1.29, 1.82) is 0 Å². The van der Waals surface area contributed by atoms with E-state index in [9.17, 15) is 4.79 Å². The fourth-order valence-corrected chi connectivity index (χ4v) is 2.97. The van der Waals surface area contributed by atoms with Gasteiger partial charge >= 0.3 is 0 Å². The fraction of sp³-hybridized carbons (Fsp3) is 0.208. The second-order valence-corrected chi connectivity index (χ2v) is 6.55. The molecule has 3 rings (SSSR count). The van der Waals surface area contributed by atoms with Gasteiger partial charge in [0.2, 0.25) is 5.91 Å². The normalized spacial score (nSPS) is 10.8. The summed E-state index contributed by atoms with van der Waals surface area (Å²) < 4.78 is 16.0. The first-order chi connectivity index (χ1) is 14.2. The van der Waals surface area contributed by atoms with E-state index >= 15 is 0 Å². The minimum Gasteiger partial charge on any atom is -0.497 e. The molecule has 0 aliphatic heterocycles. The summed E-state index contributed by atoms with van der Waals surface area (Å²) in [6.07, 6.45) is 5.67. The highest BCUT2D eigenvalue weighted by atomic mass is 16.5. The molecule has 1 aromatic heterocycles. The minimum absolute atomic E-state index is 0.0674. The molecule has 1 heterocycles. The Labute approximate surface area is 171 Å². The van der Waals surface area contributed by atoms with Crippen molar-refractivity contribution in [3.63, 3.8) is 0 Å². The third kappa shape index (κ3) is 6.01. The average Bonchev–Trinajstić information content (AvgIpc) is 3.29. The van der Waals surface area contributed by atoms with Crippen LogP contribution in [0.4, 0.5) is 0 Å². The van der Waals surface area contributed by atoms with Crippen LogP contribution < -0.4 is 9.47 Å². The van der Waals surface area contributed by atoms with Gasteiger partial charge in [0.25, 0.3) is 0 Å². The molecule has 0 saturated carbocycles. The van der Waals surface area contributed by atoms with E-state index in [1.165, 1.54) is 0 Å². The van der Waals surface area contributed by atoms with Gasteiger partial charge in [-0.25, -0.2) is 0 Å². The summed E-state index contributed by atoms with van der Waals surface area (Å²) in [6, 6.07) is 19.2. The molecular weight excluding hydrogens is 366 g/mol. The number of ether oxygens (including phenoxy) is 2. The fourth-order valence-electron chi connectivity index (χ4n) is 2.97. The highest BCUT2D eigenvalue weighted by molar-refractivity contribution is 5.91. The molecule has 0 fully saturated rings. The molecule has 5 heteroatoms. The molecule has 0 radical (unpaired) electrons. The van der Waals surface area contributed by atoms with E-state index in [0.717, 1.165) is 16.9 Å². The van der Waals surface area contributed by atoms with Crippen molar-refractivity contribution >= 4 is 12.0 Å². The van der Waals surface area contributed by atoms with Gasteiger partial charge in [-0.05, 0) is 41.5 Å². The SMILES string of the molecule is COc1cc(/C=C/C(=O)N(CCc2ccco2)Cc2ccccc2)cc(OC)c1. The average molecular weight is 391 g/mol. The first-order valence-electron chi connectivity index (χ1n) is 9.44. The summed E-state index contributed by atoms with van der Waals surface area (Å²) in [5, 5.41) is 0. The van der Waals surface area contributed by atoms with E-state index in [0.29, 0.717) is 31.0 Å². The predicted molar refractivity (Wildman–Crippen MR) is 113 cm³/mol. The van der Waals surface area contributed by atoms with Crippen molar-refractivity contribution < 1.29 is 18.7 Å². The lowest BCUT2D eigenvalue weighted by atomic mass is 10.1. The van der Waals surface area contributed by atoms with Crippen LogP contribution >= 0.6 is 0 Å². The van der Waals surface area contributed by atoms with Gasteiger partial charge in [0.1, 0.15) is 17.3 Å². The van der Waals surface area contributed by atoms with Gasteiger partial charge in [-0.3, -0.25) is 4.79 Å². The van der Waals surface area contributed by atoms with Crippen molar-refractivity contribution in [1.82, 2.24) is 4.90 Å². The van der Waals surface area contributed by atoms with Gasteiger partial charge in [0.15, 0.2) is 0 Å². The Kier molecular flexibility index (Phi) is 7.11. The molecule has 0 bridgehead atoms. The van der Waals surface area contributed by atoms with Crippen molar-refractivity contribution in [2.75, 3.05) is 20.8 Å². The largest absolute Gasteiger partial charge is 0.497 e. The smallest absolute Gasteiger partial charge is 0.246 e. The number of rotatable bonds is 9. The maximum atomic E-state index is 12.9. The van der Waals surface area contributed by atoms with E-state index < -0.39 is 0 Å². The molecule has 0 saturated heterocycles. The van der Waals surface area contributed by atoms with Gasteiger partial charge in [0.05, 0.1) is 20.5 Å². The predicted octanol–water partition coefficient (Wildman–Crippen LogP) is 4.58. The highest BCUT2D eigenvalue weighted by Crippen LogP contribution is 2.23. The number of benzene rings is 2. The van der Waals surface area contributed by atoms with Crippen LogP contribution in [0, 0.1) is 0 Å². The molecule has 150 valence electrons. The maximum absolute atomic E-state index is 12.9. The zero-order valence-electron chi connectivity index (χ0n) is 16.7. The van der Waals surface area contributed by atoms with Crippen LogP contribution in [0.2, 0.25) is 0 Å². The van der Waals surface area contributed by atoms with Gasteiger partial charge < -0.3 is 18.8 Å². The Balaban J connectivity index is 1.75. The van der Waals surface area contributed by atoms with Crippen LogP contribution in [0.15, 0.2) is 77.4 Å². The van der Waals surface area contributed by atoms with Gasteiger partial charge in [-0.1, -0.05) is 30.3 Å². The van der Waals surface area contributed by atoms with Crippen LogP contribution in [0.1, 0.15) is 16.9 Å². The summed E-state index contributed by atoms with van der Waals surface area (Å²) in [6.45, 7) is 1.10. The quantitative estimate of drug-likeness (QED) is 0.501. The van der Waals surface area contributed by atoms with Crippen LogP contribution in [0.3, 0.4) is 0 Å². The van der Waals surface area contributed by atoms with Crippen molar-refractivity contribution in [2.24, 2.45) is 0 Å². The maximum Gasteiger partial charge on any atom is 0.246 e. The summed E-state index contributed by atoms with van der Waals surface area (Å²) in [4.78, 5) is 14.7. The van der Waals surface area contributed by atoms with E-state index in [-0.39, 0.29) is 5.91 Å². The molecule has 0 unspecified atom stereocenters. The Morgan fingerprint density at radius 2 is 1.72 bits per heavy atom. The van der Waals surface area contributed by atoms with E-state index in [2.05, 4.69) is 0 Å². The summed E-state index contributed by atoms with van der Waals surface area (Å²) >= 11 is 0. The lowest BCUT2D eigenvalue weighted by molar-refractivity contribution is -0.126. The standard InChI is InChI=1S/C24H25NO4/c1-27-22-15-20(16-23(17-22)28-2)10-11-24(26)25(13-12-21-9-6-14-29-21)18-19-7-4-3-5-8-19/h3-11,14-17H,12-13,18H2,1-2H3/b11-10+. The van der Waals surface area contributed by atoms with Crippen LogP contribution in [0.5, 0.6) is 11.5 Å². The second-order valence-electron chi connectivity index (χ2n) is 6.55. The molecule has 5 nitrogen and oxygen atoms in total. The Bertz CT molecular complexity index is 911. The monoisotopic (exact) mass is 391 g/mol. The van der Waals surface area contributed by atoms with Crippen LogP contribution in [-0.4, -0.2) is 31.6 Å². The number of nitrogens with zero attached hydrogens (tertiary/aromatic N) is 1. The number of carbonyl (C=O) groups is 1. The number of carbonyl (C=O) groups excluding carboxylic acids is 1. The molecule has 2 aromatic carbocycles. The number of amides is 1. The summed E-state index contributed by atoms with van der Waals surface area (Å²) in [5.41, 5.74) is 1.91. The van der Waals surface area contributed by atoms with Crippen molar-refractivity contribution in [3.8, 4) is 11.5 Å². The van der Waals surface area contributed by atoms with Crippen molar-refractivity contribution in [2.45, 2.75) is 13.0 Å². The lowest BCUT2D eigenvalue weighted by Gasteiger charge is -2.21. The van der Waals surface area contributed by atoms with E-state index in [1.54, 1.807) is 38.7 Å². The number of hydrogen-bond acceptors (Lipinski definition) is 4. The Hall–Kier alpha value is -3.47. The molecule has 0 spiro atoms. The van der Waals surface area contributed by atoms with Crippen LogP contribution in [0.25, 0.3) is 6.08 Å². The highest BCUT2D eigenvalue weighted by Gasteiger charge is 2.12. The summed E-state index contributed by atoms with van der Waals surface area (Å²) in [7, 11) is 3.20. The molecule has 0 aliphatic carbocycles. The first-order valence-corrected chi connectivity index (χ1v) is 9.44. The van der Waals surface area contributed by atoms with Gasteiger partial charge in [-0.2, -0.15) is 0 Å². The Morgan fingerprint density at radius 1 is 1.00 bits per heavy atom. The number of methoxy groups -OCH3 is 2. The number of hydrogen-bond donors (Lipinski definition) is 0. The lowest BCUT2D eigenvalue weighted by Crippen LogP contribution is -2.31. The number of furan rings is 1. The topological polar surface area (TPSA) is 51.9 Å². The molecule has 0 atom stereocenters. The molecule has 0 aliphatic rings. The van der Waals surface area contributed by atoms with Gasteiger partial charge in [-0.15, -0.1) is 0 Å². The zero-order valence-corrected chi connectivity index (χ0v) is 16.7. The molecular formula is C24H25NO4.